The number of esters is 1. The molecule has 150 valence electrons. The average molecular weight is 398 g/mol. The summed E-state index contributed by atoms with van der Waals surface area (Å²) in [7, 11) is -0.518. The molecule has 1 aromatic carbocycles. The van der Waals surface area contributed by atoms with Gasteiger partial charge in [-0.2, -0.15) is 17.0 Å². The third-order valence-corrected chi connectivity index (χ3v) is 7.08. The van der Waals surface area contributed by atoms with Crippen LogP contribution in [-0.4, -0.2) is 76.6 Å². The van der Waals surface area contributed by atoms with E-state index in [9.17, 15) is 13.2 Å². The van der Waals surface area contributed by atoms with Crippen molar-refractivity contribution in [1.82, 2.24) is 8.61 Å². The van der Waals surface area contributed by atoms with E-state index in [0.717, 1.165) is 12.0 Å². The van der Waals surface area contributed by atoms with Crippen molar-refractivity contribution in [1.29, 1.82) is 0 Å². The summed E-state index contributed by atoms with van der Waals surface area (Å²) in [4.78, 5) is 11.8. The molecule has 9 heteroatoms. The quantitative estimate of drug-likeness (QED) is 0.663. The second kappa shape index (κ2) is 8.55. The van der Waals surface area contributed by atoms with Crippen LogP contribution in [-0.2, 0) is 26.1 Å². The van der Waals surface area contributed by atoms with Crippen molar-refractivity contribution in [3.05, 3.63) is 29.3 Å². The number of rotatable bonds is 6. The van der Waals surface area contributed by atoms with Gasteiger partial charge in [0.2, 0.25) is 0 Å². The molecule has 0 radical (unpaired) electrons. The van der Waals surface area contributed by atoms with Gasteiger partial charge in [-0.15, -0.1) is 0 Å². The zero-order valence-electron chi connectivity index (χ0n) is 15.7. The first-order valence-corrected chi connectivity index (χ1v) is 10.4. The fraction of sp³-hybridized carbons (Fsp3) is 0.611. The highest BCUT2D eigenvalue weighted by Crippen LogP contribution is 2.29. The molecular formula is C18H26N2O6S. The van der Waals surface area contributed by atoms with Gasteiger partial charge in [0.1, 0.15) is 5.75 Å². The molecule has 2 aliphatic rings. The van der Waals surface area contributed by atoms with Crippen LogP contribution in [0.1, 0.15) is 22.3 Å². The highest BCUT2D eigenvalue weighted by atomic mass is 32.2. The molecule has 0 saturated carbocycles. The zero-order valence-corrected chi connectivity index (χ0v) is 16.5. The molecule has 2 heterocycles. The number of nitrogens with zero attached hydrogens (tertiary/aromatic N) is 2. The minimum Gasteiger partial charge on any atom is -0.496 e. The Morgan fingerprint density at radius 2 is 1.93 bits per heavy atom. The van der Waals surface area contributed by atoms with E-state index in [4.69, 9.17) is 14.2 Å². The molecule has 2 saturated heterocycles. The number of hydrogen-bond acceptors (Lipinski definition) is 6. The van der Waals surface area contributed by atoms with Gasteiger partial charge in [0.25, 0.3) is 10.2 Å². The molecule has 1 unspecified atom stereocenters. The SMILES string of the molecule is COC(=O)c1ccc(OC)c(CC2CCN(S(=O)(=O)N3CCOCC3)C2)c1. The Hall–Kier alpha value is -1.68. The summed E-state index contributed by atoms with van der Waals surface area (Å²) in [6, 6.07) is 5.18. The lowest BCUT2D eigenvalue weighted by molar-refractivity contribution is 0.0600. The fourth-order valence-electron chi connectivity index (χ4n) is 3.61. The lowest BCUT2D eigenvalue weighted by atomic mass is 9.96. The lowest BCUT2D eigenvalue weighted by Gasteiger charge is -2.30. The van der Waals surface area contributed by atoms with Crippen LogP contribution in [0.5, 0.6) is 5.75 Å². The first kappa shape index (κ1) is 20.1. The van der Waals surface area contributed by atoms with Crippen LogP contribution in [0.25, 0.3) is 0 Å². The smallest absolute Gasteiger partial charge is 0.337 e. The molecule has 3 rings (SSSR count). The maximum absolute atomic E-state index is 12.8. The second-order valence-corrected chi connectivity index (χ2v) is 8.68. The van der Waals surface area contributed by atoms with Gasteiger partial charge >= 0.3 is 5.97 Å². The van der Waals surface area contributed by atoms with E-state index in [1.54, 1.807) is 29.6 Å². The van der Waals surface area contributed by atoms with Crippen molar-refractivity contribution in [2.45, 2.75) is 12.8 Å². The Morgan fingerprint density at radius 3 is 2.59 bits per heavy atom. The van der Waals surface area contributed by atoms with E-state index >= 15 is 0 Å². The van der Waals surface area contributed by atoms with Crippen LogP contribution in [0.2, 0.25) is 0 Å². The molecule has 27 heavy (non-hydrogen) atoms. The molecule has 0 spiro atoms. The third kappa shape index (κ3) is 4.43. The van der Waals surface area contributed by atoms with Crippen molar-refractivity contribution in [2.24, 2.45) is 5.92 Å². The van der Waals surface area contributed by atoms with Crippen LogP contribution >= 0.6 is 0 Å². The molecule has 1 atom stereocenters. The normalized spacial score (nSPS) is 21.9. The molecule has 0 amide bonds. The number of ether oxygens (including phenoxy) is 3. The summed E-state index contributed by atoms with van der Waals surface area (Å²) in [6.45, 7) is 2.65. The monoisotopic (exact) mass is 398 g/mol. The Balaban J connectivity index is 1.70. The highest BCUT2D eigenvalue weighted by Gasteiger charge is 2.36. The van der Waals surface area contributed by atoms with E-state index < -0.39 is 16.2 Å². The van der Waals surface area contributed by atoms with Crippen molar-refractivity contribution in [3.8, 4) is 5.75 Å². The largest absolute Gasteiger partial charge is 0.496 e. The Bertz CT molecular complexity index is 776. The Kier molecular flexibility index (Phi) is 6.36. The molecule has 0 aromatic heterocycles. The number of carbonyl (C=O) groups is 1. The predicted molar refractivity (Wildman–Crippen MR) is 99.0 cm³/mol. The Labute approximate surface area is 160 Å². The highest BCUT2D eigenvalue weighted by molar-refractivity contribution is 7.86. The summed E-state index contributed by atoms with van der Waals surface area (Å²) < 4.78 is 44.1. The Morgan fingerprint density at radius 1 is 1.19 bits per heavy atom. The van der Waals surface area contributed by atoms with E-state index in [2.05, 4.69) is 0 Å². The van der Waals surface area contributed by atoms with Gasteiger partial charge in [0, 0.05) is 26.2 Å². The summed E-state index contributed by atoms with van der Waals surface area (Å²) in [5.74, 6) is 0.460. The maximum atomic E-state index is 12.8. The van der Waals surface area contributed by atoms with E-state index in [-0.39, 0.29) is 5.92 Å². The minimum atomic E-state index is -3.45. The molecule has 8 nitrogen and oxygen atoms in total. The summed E-state index contributed by atoms with van der Waals surface area (Å²) in [5, 5.41) is 0. The van der Waals surface area contributed by atoms with Crippen molar-refractivity contribution < 1.29 is 27.4 Å². The zero-order chi connectivity index (χ0) is 19.4. The maximum Gasteiger partial charge on any atom is 0.337 e. The van der Waals surface area contributed by atoms with Crippen LogP contribution in [0.3, 0.4) is 0 Å². The molecule has 0 bridgehead atoms. The second-order valence-electron chi connectivity index (χ2n) is 6.75. The van der Waals surface area contributed by atoms with E-state index in [1.807, 2.05) is 0 Å². The van der Waals surface area contributed by atoms with Gasteiger partial charge in [-0.05, 0) is 42.5 Å². The molecule has 0 N–H and O–H groups in total. The first-order valence-electron chi connectivity index (χ1n) is 9.04. The third-order valence-electron chi connectivity index (χ3n) is 5.08. The van der Waals surface area contributed by atoms with Crippen LogP contribution in [0.15, 0.2) is 18.2 Å². The fourth-order valence-corrected chi connectivity index (χ4v) is 5.28. The molecule has 2 fully saturated rings. The standard InChI is InChI=1S/C18H26N2O6S/c1-24-17-4-3-15(18(21)25-2)12-16(17)11-14-5-6-20(13-14)27(22,23)19-7-9-26-10-8-19/h3-4,12,14H,5-11,13H2,1-2H3. The van der Waals surface area contributed by atoms with Crippen molar-refractivity contribution in [2.75, 3.05) is 53.6 Å². The summed E-state index contributed by atoms with van der Waals surface area (Å²) in [5.41, 5.74) is 1.35. The molecular weight excluding hydrogens is 372 g/mol. The first-order chi connectivity index (χ1) is 13.0. The van der Waals surface area contributed by atoms with Gasteiger partial charge in [-0.25, -0.2) is 4.79 Å². The van der Waals surface area contributed by atoms with Crippen LogP contribution in [0, 0.1) is 5.92 Å². The number of morpholine rings is 1. The van der Waals surface area contributed by atoms with E-state index in [0.29, 0.717) is 57.1 Å². The minimum absolute atomic E-state index is 0.169. The number of benzene rings is 1. The van der Waals surface area contributed by atoms with E-state index in [1.165, 1.54) is 11.4 Å². The topological polar surface area (TPSA) is 85.4 Å². The molecule has 1 aromatic rings. The molecule has 2 aliphatic heterocycles. The summed E-state index contributed by atoms with van der Waals surface area (Å²) >= 11 is 0. The van der Waals surface area contributed by atoms with Gasteiger partial charge in [-0.3, -0.25) is 0 Å². The molecule has 0 aliphatic carbocycles. The predicted octanol–water partition coefficient (Wildman–Crippen LogP) is 0.923. The van der Waals surface area contributed by atoms with Crippen LogP contribution < -0.4 is 4.74 Å². The van der Waals surface area contributed by atoms with Crippen molar-refractivity contribution in [3.63, 3.8) is 0 Å². The van der Waals surface area contributed by atoms with Gasteiger partial charge in [-0.1, -0.05) is 0 Å². The number of carbonyl (C=O) groups excluding carboxylic acids is 1. The summed E-state index contributed by atoms with van der Waals surface area (Å²) in [6.07, 6.45) is 1.41. The number of hydrogen-bond donors (Lipinski definition) is 0. The number of methoxy groups -OCH3 is 2. The van der Waals surface area contributed by atoms with Gasteiger partial charge in [0.15, 0.2) is 0 Å². The van der Waals surface area contributed by atoms with Crippen molar-refractivity contribution >= 4 is 16.2 Å². The van der Waals surface area contributed by atoms with Gasteiger partial charge < -0.3 is 14.2 Å². The lowest BCUT2D eigenvalue weighted by Crippen LogP contribution is -2.47. The van der Waals surface area contributed by atoms with Crippen LogP contribution in [0.4, 0.5) is 0 Å². The average Bonchev–Trinajstić information content (AvgIpc) is 3.17. The van der Waals surface area contributed by atoms with Gasteiger partial charge in [0.05, 0.1) is 33.0 Å².